The van der Waals surface area contributed by atoms with Crippen LogP contribution in [-0.4, -0.2) is 53.2 Å². The predicted octanol–water partition coefficient (Wildman–Crippen LogP) is 1.49. The minimum absolute atomic E-state index is 0.147. The first-order chi connectivity index (χ1) is 10.7. The second-order valence-corrected chi connectivity index (χ2v) is 6.34. The summed E-state index contributed by atoms with van der Waals surface area (Å²) < 4.78 is 5.61. The van der Waals surface area contributed by atoms with Gasteiger partial charge in [0.25, 0.3) is 0 Å². The number of aldehydes is 1. The first-order valence-corrected chi connectivity index (χ1v) is 7.83. The van der Waals surface area contributed by atoms with E-state index in [2.05, 4.69) is 22.0 Å². The number of nitrogens with one attached hydrogen (secondary N) is 1. The van der Waals surface area contributed by atoms with Crippen LogP contribution in [-0.2, 0) is 17.7 Å². The van der Waals surface area contributed by atoms with Gasteiger partial charge in [-0.25, -0.2) is 0 Å². The highest BCUT2D eigenvalue weighted by molar-refractivity contribution is 5.90. The van der Waals surface area contributed by atoms with Gasteiger partial charge < -0.3 is 14.8 Å². The third-order valence-corrected chi connectivity index (χ3v) is 4.75. The Kier molecular flexibility index (Phi) is 3.48. The van der Waals surface area contributed by atoms with Crippen LogP contribution in [0.1, 0.15) is 28.0 Å². The lowest BCUT2D eigenvalue weighted by Gasteiger charge is -2.30. The van der Waals surface area contributed by atoms with Gasteiger partial charge in [-0.15, -0.1) is 0 Å². The van der Waals surface area contributed by atoms with Crippen molar-refractivity contribution >= 4 is 17.2 Å². The van der Waals surface area contributed by atoms with Crippen LogP contribution < -0.4 is 0 Å². The number of carbonyl (C=O) groups excluding carboxylic acids is 1. The minimum atomic E-state index is -0.302. The van der Waals surface area contributed by atoms with Crippen LogP contribution in [0.4, 0.5) is 0 Å². The van der Waals surface area contributed by atoms with E-state index in [1.54, 1.807) is 0 Å². The van der Waals surface area contributed by atoms with Gasteiger partial charge in [0.05, 0.1) is 24.5 Å². The maximum atomic E-state index is 10.9. The molecule has 0 amide bonds. The normalized spacial score (nSPS) is 25.5. The van der Waals surface area contributed by atoms with Gasteiger partial charge in [-0.2, -0.15) is 0 Å². The largest absolute Gasteiger partial charge is 0.391 e. The molecule has 0 spiro atoms. The molecular weight excluding hydrogens is 280 g/mol. The van der Waals surface area contributed by atoms with Gasteiger partial charge in [-0.05, 0) is 29.7 Å². The highest BCUT2D eigenvalue weighted by Gasteiger charge is 2.27. The summed E-state index contributed by atoms with van der Waals surface area (Å²) in [6.07, 6.45) is 2.43. The van der Waals surface area contributed by atoms with Crippen LogP contribution in [0.25, 0.3) is 10.9 Å². The fraction of sp³-hybridized carbons (Fsp3) is 0.471. The Hall–Kier alpha value is -1.69. The third kappa shape index (κ3) is 2.45. The van der Waals surface area contributed by atoms with Crippen LogP contribution in [0.2, 0.25) is 0 Å². The molecule has 4 rings (SSSR count). The fourth-order valence-corrected chi connectivity index (χ4v) is 3.69. The monoisotopic (exact) mass is 300 g/mol. The molecule has 2 aromatic rings. The van der Waals surface area contributed by atoms with Gasteiger partial charge in [-0.3, -0.25) is 9.69 Å². The minimum Gasteiger partial charge on any atom is -0.391 e. The number of hydrogen-bond donors (Lipinski definition) is 2. The maximum Gasteiger partial charge on any atom is 0.166 e. The Morgan fingerprint density at radius 2 is 2.36 bits per heavy atom. The molecule has 0 radical (unpaired) electrons. The zero-order valence-corrected chi connectivity index (χ0v) is 12.4. The van der Waals surface area contributed by atoms with Gasteiger partial charge in [-0.1, -0.05) is 6.07 Å². The standard InChI is InChI=1S/C17H20N2O3/c20-9-12-5-16-15-3-4-19(8-14-6-13(21)10-22-14)7-11(15)1-2-17(16)18-12/h1-2,5,9,13-14,18,21H,3-4,6-8,10H2. The van der Waals surface area contributed by atoms with Crippen molar-refractivity contribution in [2.45, 2.75) is 31.6 Å². The van der Waals surface area contributed by atoms with E-state index >= 15 is 0 Å². The van der Waals surface area contributed by atoms with E-state index in [0.717, 1.165) is 44.3 Å². The van der Waals surface area contributed by atoms with E-state index in [4.69, 9.17) is 4.74 Å². The number of aromatic amines is 1. The van der Waals surface area contributed by atoms with E-state index in [0.29, 0.717) is 12.3 Å². The molecule has 2 atom stereocenters. The Balaban J connectivity index is 1.54. The summed E-state index contributed by atoms with van der Waals surface area (Å²) in [5, 5.41) is 10.7. The number of H-pyrrole nitrogens is 1. The number of benzene rings is 1. The molecule has 1 aromatic heterocycles. The molecular formula is C17H20N2O3. The van der Waals surface area contributed by atoms with Gasteiger partial charge in [0.15, 0.2) is 6.29 Å². The number of ether oxygens (including phenoxy) is 1. The Bertz CT molecular complexity index is 709. The molecule has 5 nitrogen and oxygen atoms in total. The average Bonchev–Trinajstić information content (AvgIpc) is 3.12. The summed E-state index contributed by atoms with van der Waals surface area (Å²) in [7, 11) is 0. The number of fused-ring (bicyclic) bond motifs is 3. The molecule has 0 aliphatic carbocycles. The van der Waals surface area contributed by atoms with E-state index < -0.39 is 0 Å². The number of hydrogen-bond acceptors (Lipinski definition) is 4. The van der Waals surface area contributed by atoms with Crippen LogP contribution >= 0.6 is 0 Å². The second-order valence-electron chi connectivity index (χ2n) is 6.34. The Labute approximate surface area is 128 Å². The molecule has 116 valence electrons. The van der Waals surface area contributed by atoms with Crippen molar-refractivity contribution in [3.05, 3.63) is 35.0 Å². The Morgan fingerprint density at radius 1 is 1.45 bits per heavy atom. The van der Waals surface area contributed by atoms with E-state index in [1.165, 1.54) is 16.5 Å². The van der Waals surface area contributed by atoms with Gasteiger partial charge in [0.2, 0.25) is 0 Å². The molecule has 0 bridgehead atoms. The number of aromatic nitrogens is 1. The lowest BCUT2D eigenvalue weighted by atomic mass is 9.96. The molecule has 1 saturated heterocycles. The van der Waals surface area contributed by atoms with E-state index in [9.17, 15) is 9.90 Å². The quantitative estimate of drug-likeness (QED) is 0.843. The number of rotatable bonds is 3. The summed E-state index contributed by atoms with van der Waals surface area (Å²) in [5.41, 5.74) is 4.36. The molecule has 1 aromatic carbocycles. The molecule has 1 fully saturated rings. The van der Waals surface area contributed by atoms with Crippen LogP contribution in [0.5, 0.6) is 0 Å². The molecule has 0 saturated carbocycles. The van der Waals surface area contributed by atoms with Crippen molar-refractivity contribution in [1.82, 2.24) is 9.88 Å². The smallest absolute Gasteiger partial charge is 0.166 e. The first-order valence-electron chi connectivity index (χ1n) is 7.83. The average molecular weight is 300 g/mol. The molecule has 2 unspecified atom stereocenters. The molecule has 2 aliphatic rings. The number of nitrogens with zero attached hydrogens (tertiary/aromatic N) is 1. The zero-order chi connectivity index (χ0) is 15.1. The number of carbonyl (C=O) groups is 1. The lowest BCUT2D eigenvalue weighted by Crippen LogP contribution is -2.36. The SMILES string of the molecule is O=Cc1cc2c3c(ccc2[nH]1)CN(CC1CC(O)CO1)CC3. The number of aliphatic hydroxyl groups excluding tert-OH is 1. The van der Waals surface area contributed by atoms with E-state index in [-0.39, 0.29) is 12.2 Å². The summed E-state index contributed by atoms with van der Waals surface area (Å²) in [6, 6.07) is 6.16. The van der Waals surface area contributed by atoms with Crippen molar-refractivity contribution in [3.8, 4) is 0 Å². The van der Waals surface area contributed by atoms with E-state index in [1.807, 2.05) is 6.07 Å². The second kappa shape index (κ2) is 5.50. The highest BCUT2D eigenvalue weighted by atomic mass is 16.5. The van der Waals surface area contributed by atoms with Crippen molar-refractivity contribution < 1.29 is 14.6 Å². The predicted molar refractivity (Wildman–Crippen MR) is 83.0 cm³/mol. The van der Waals surface area contributed by atoms with Crippen LogP contribution in [0.3, 0.4) is 0 Å². The van der Waals surface area contributed by atoms with Crippen LogP contribution in [0, 0.1) is 0 Å². The summed E-state index contributed by atoms with van der Waals surface area (Å²) in [4.78, 5) is 16.5. The molecule has 5 heteroatoms. The fourth-order valence-electron chi connectivity index (χ4n) is 3.69. The molecule has 2 aliphatic heterocycles. The van der Waals surface area contributed by atoms with Crippen LogP contribution in [0.15, 0.2) is 18.2 Å². The highest BCUT2D eigenvalue weighted by Crippen LogP contribution is 2.28. The van der Waals surface area contributed by atoms with Crippen molar-refractivity contribution in [1.29, 1.82) is 0 Å². The zero-order valence-electron chi connectivity index (χ0n) is 12.4. The summed E-state index contributed by atoms with van der Waals surface area (Å²) in [6.45, 7) is 3.24. The topological polar surface area (TPSA) is 65.6 Å². The maximum absolute atomic E-state index is 10.9. The van der Waals surface area contributed by atoms with Crippen molar-refractivity contribution in [2.24, 2.45) is 0 Å². The first kappa shape index (κ1) is 13.9. The molecule has 2 N–H and O–H groups in total. The lowest BCUT2D eigenvalue weighted by molar-refractivity contribution is 0.0599. The summed E-state index contributed by atoms with van der Waals surface area (Å²) in [5.74, 6) is 0. The summed E-state index contributed by atoms with van der Waals surface area (Å²) >= 11 is 0. The van der Waals surface area contributed by atoms with Gasteiger partial charge >= 0.3 is 0 Å². The van der Waals surface area contributed by atoms with Crippen molar-refractivity contribution in [3.63, 3.8) is 0 Å². The molecule has 22 heavy (non-hydrogen) atoms. The Morgan fingerprint density at radius 3 is 3.14 bits per heavy atom. The number of aliphatic hydroxyl groups is 1. The van der Waals surface area contributed by atoms with Gasteiger partial charge in [0, 0.05) is 37.0 Å². The molecule has 3 heterocycles. The third-order valence-electron chi connectivity index (χ3n) is 4.75. The van der Waals surface area contributed by atoms with Gasteiger partial charge in [0.1, 0.15) is 0 Å². The van der Waals surface area contributed by atoms with Crippen molar-refractivity contribution in [2.75, 3.05) is 19.7 Å².